The quantitative estimate of drug-likeness (QED) is 0.671. The van der Waals surface area contributed by atoms with Crippen LogP contribution in [-0.2, 0) is 11.2 Å². The van der Waals surface area contributed by atoms with E-state index in [1.54, 1.807) is 12.4 Å². The highest BCUT2D eigenvalue weighted by Gasteiger charge is 2.31. The Hall–Kier alpha value is -3.28. The Morgan fingerprint density at radius 3 is 2.47 bits per heavy atom. The monoisotopic (exact) mass is 399 g/mol. The molecule has 0 aliphatic carbocycles. The number of carbonyl (C=O) groups excluding carboxylic acids is 1. The Balaban J connectivity index is 1.23. The van der Waals surface area contributed by atoms with Crippen molar-refractivity contribution in [2.75, 3.05) is 29.4 Å². The molecule has 0 saturated carbocycles. The Morgan fingerprint density at radius 2 is 1.70 bits per heavy atom. The summed E-state index contributed by atoms with van der Waals surface area (Å²) in [6.45, 7) is 2.49. The molecular formula is C24H25N5O. The van der Waals surface area contributed by atoms with Gasteiger partial charge in [0.2, 0.25) is 5.91 Å². The summed E-state index contributed by atoms with van der Waals surface area (Å²) in [5, 5.41) is 8.81. The van der Waals surface area contributed by atoms with Gasteiger partial charge in [0.1, 0.15) is 0 Å². The third-order valence-electron chi connectivity index (χ3n) is 6.17. The van der Waals surface area contributed by atoms with Gasteiger partial charge in [-0.2, -0.15) is 0 Å². The lowest BCUT2D eigenvalue weighted by atomic mass is 9.93. The molecule has 2 aromatic heterocycles. The number of hydrogen-bond acceptors (Lipinski definition) is 5. The molecule has 0 bridgehead atoms. The zero-order valence-electron chi connectivity index (χ0n) is 16.9. The largest absolute Gasteiger partial charge is 0.355 e. The highest BCUT2D eigenvalue weighted by molar-refractivity contribution is 5.96. The fourth-order valence-electron chi connectivity index (χ4n) is 4.51. The summed E-state index contributed by atoms with van der Waals surface area (Å²) < 4.78 is 0. The fraction of sp³-hybridized carbons (Fsp3) is 0.333. The second-order valence-electron chi connectivity index (χ2n) is 8.00. The SMILES string of the molecule is O=C(C1CCN(c2ccc(-c3ccncc3)nn2)CC1)N1CCCc2ccccc21. The van der Waals surface area contributed by atoms with E-state index >= 15 is 0 Å². The van der Waals surface area contributed by atoms with E-state index in [0.717, 1.165) is 68.1 Å². The number of amides is 1. The summed E-state index contributed by atoms with van der Waals surface area (Å²) in [5.74, 6) is 1.24. The van der Waals surface area contributed by atoms with Crippen LogP contribution in [0.25, 0.3) is 11.3 Å². The van der Waals surface area contributed by atoms with Crippen LogP contribution in [0, 0.1) is 5.92 Å². The van der Waals surface area contributed by atoms with Crippen LogP contribution >= 0.6 is 0 Å². The van der Waals surface area contributed by atoms with E-state index in [1.165, 1.54) is 5.56 Å². The molecule has 6 heteroatoms. The number of pyridine rings is 1. The minimum atomic E-state index is 0.0801. The molecule has 6 nitrogen and oxygen atoms in total. The third kappa shape index (κ3) is 3.65. The molecule has 0 atom stereocenters. The van der Waals surface area contributed by atoms with Crippen LogP contribution in [0.3, 0.4) is 0 Å². The van der Waals surface area contributed by atoms with E-state index in [-0.39, 0.29) is 11.8 Å². The minimum absolute atomic E-state index is 0.0801. The molecule has 1 saturated heterocycles. The zero-order valence-corrected chi connectivity index (χ0v) is 16.9. The molecule has 3 aromatic rings. The van der Waals surface area contributed by atoms with Crippen LogP contribution in [0.15, 0.2) is 60.9 Å². The first-order chi connectivity index (χ1) is 14.8. The molecule has 0 spiro atoms. The Labute approximate surface area is 176 Å². The lowest BCUT2D eigenvalue weighted by Crippen LogP contribution is -2.44. The van der Waals surface area contributed by atoms with Crippen molar-refractivity contribution >= 4 is 17.4 Å². The summed E-state index contributed by atoms with van der Waals surface area (Å²) in [6.07, 6.45) is 7.32. The Kier molecular flexibility index (Phi) is 5.13. The molecule has 1 amide bonds. The van der Waals surface area contributed by atoms with Gasteiger partial charge in [0.05, 0.1) is 5.69 Å². The van der Waals surface area contributed by atoms with Crippen LogP contribution in [0.5, 0.6) is 0 Å². The van der Waals surface area contributed by atoms with Crippen molar-refractivity contribution in [2.45, 2.75) is 25.7 Å². The molecule has 4 heterocycles. The predicted octanol–water partition coefficient (Wildman–Crippen LogP) is 3.73. The first kappa shape index (κ1) is 18.7. The van der Waals surface area contributed by atoms with Gasteiger partial charge in [-0.15, -0.1) is 10.2 Å². The lowest BCUT2D eigenvalue weighted by molar-refractivity contribution is -0.123. The van der Waals surface area contributed by atoms with Gasteiger partial charge >= 0.3 is 0 Å². The third-order valence-corrected chi connectivity index (χ3v) is 6.17. The van der Waals surface area contributed by atoms with Crippen molar-refractivity contribution in [2.24, 2.45) is 5.92 Å². The van der Waals surface area contributed by atoms with Gasteiger partial charge in [0, 0.05) is 49.2 Å². The van der Waals surface area contributed by atoms with Crippen LogP contribution in [0.4, 0.5) is 11.5 Å². The van der Waals surface area contributed by atoms with Crippen LogP contribution in [-0.4, -0.2) is 40.7 Å². The molecule has 1 fully saturated rings. The maximum atomic E-state index is 13.2. The molecule has 2 aliphatic heterocycles. The average Bonchev–Trinajstić information content (AvgIpc) is 2.84. The van der Waals surface area contributed by atoms with Crippen LogP contribution in [0.1, 0.15) is 24.8 Å². The van der Waals surface area contributed by atoms with Gasteiger partial charge < -0.3 is 9.80 Å². The molecule has 0 radical (unpaired) electrons. The Bertz CT molecular complexity index is 1010. The van der Waals surface area contributed by atoms with Gasteiger partial charge in [0.15, 0.2) is 5.82 Å². The number of carbonyl (C=O) groups is 1. The van der Waals surface area contributed by atoms with Crippen LogP contribution < -0.4 is 9.80 Å². The number of hydrogen-bond donors (Lipinski definition) is 0. The smallest absolute Gasteiger partial charge is 0.230 e. The summed E-state index contributed by atoms with van der Waals surface area (Å²) in [7, 11) is 0. The van der Waals surface area contributed by atoms with Crippen molar-refractivity contribution in [3.8, 4) is 11.3 Å². The summed E-state index contributed by atoms with van der Waals surface area (Å²) in [6, 6.07) is 16.2. The molecule has 30 heavy (non-hydrogen) atoms. The second kappa shape index (κ2) is 8.22. The first-order valence-electron chi connectivity index (χ1n) is 10.7. The number of aromatic nitrogens is 3. The van der Waals surface area contributed by atoms with Crippen molar-refractivity contribution in [1.29, 1.82) is 0 Å². The van der Waals surface area contributed by atoms with Crippen molar-refractivity contribution in [1.82, 2.24) is 15.2 Å². The molecule has 0 unspecified atom stereocenters. The van der Waals surface area contributed by atoms with Gasteiger partial charge in [-0.1, -0.05) is 18.2 Å². The maximum Gasteiger partial charge on any atom is 0.230 e. The number of piperidine rings is 1. The molecule has 2 aliphatic rings. The average molecular weight is 399 g/mol. The van der Waals surface area contributed by atoms with E-state index in [0.29, 0.717) is 0 Å². The standard InChI is InChI=1S/C24H25N5O/c30-24(29-15-3-5-19-4-1-2-6-22(19)29)20-11-16-28(17-12-20)23-8-7-21(26-27-23)18-9-13-25-14-10-18/h1-2,4,6-10,13-14,20H,3,5,11-12,15-17H2. The highest BCUT2D eigenvalue weighted by atomic mass is 16.2. The van der Waals surface area contributed by atoms with Crippen molar-refractivity contribution in [3.63, 3.8) is 0 Å². The number of nitrogens with zero attached hydrogens (tertiary/aromatic N) is 5. The van der Waals surface area contributed by atoms with Gasteiger partial charge in [-0.25, -0.2) is 0 Å². The zero-order chi connectivity index (χ0) is 20.3. The van der Waals surface area contributed by atoms with Crippen LogP contribution in [0.2, 0.25) is 0 Å². The first-order valence-corrected chi connectivity index (χ1v) is 10.7. The maximum absolute atomic E-state index is 13.2. The van der Waals surface area contributed by atoms with Gasteiger partial charge in [-0.3, -0.25) is 9.78 Å². The van der Waals surface area contributed by atoms with Gasteiger partial charge in [0.25, 0.3) is 0 Å². The topological polar surface area (TPSA) is 62.2 Å². The minimum Gasteiger partial charge on any atom is -0.355 e. The summed E-state index contributed by atoms with van der Waals surface area (Å²) >= 11 is 0. The highest BCUT2D eigenvalue weighted by Crippen LogP contribution is 2.31. The van der Waals surface area contributed by atoms with Crippen molar-refractivity contribution < 1.29 is 4.79 Å². The van der Waals surface area contributed by atoms with E-state index < -0.39 is 0 Å². The fourth-order valence-corrected chi connectivity index (χ4v) is 4.51. The summed E-state index contributed by atoms with van der Waals surface area (Å²) in [4.78, 5) is 21.5. The summed E-state index contributed by atoms with van der Waals surface area (Å²) in [5.41, 5.74) is 4.25. The number of aryl methyl sites for hydroxylation is 1. The van der Waals surface area contributed by atoms with E-state index in [4.69, 9.17) is 0 Å². The number of rotatable bonds is 3. The molecule has 152 valence electrons. The van der Waals surface area contributed by atoms with E-state index in [1.807, 2.05) is 35.2 Å². The number of fused-ring (bicyclic) bond motifs is 1. The number of para-hydroxylation sites is 1. The van der Waals surface area contributed by atoms with Crippen molar-refractivity contribution in [3.05, 3.63) is 66.5 Å². The molecule has 1 aromatic carbocycles. The number of benzene rings is 1. The number of anilines is 2. The van der Waals surface area contributed by atoms with E-state index in [2.05, 4.69) is 38.3 Å². The normalized spacial score (nSPS) is 16.9. The molecule has 0 N–H and O–H groups in total. The Morgan fingerprint density at radius 1 is 0.900 bits per heavy atom. The van der Waals surface area contributed by atoms with E-state index in [9.17, 15) is 4.79 Å². The van der Waals surface area contributed by atoms with Gasteiger partial charge in [-0.05, 0) is 61.6 Å². The molecule has 5 rings (SSSR count). The second-order valence-corrected chi connectivity index (χ2v) is 8.00. The predicted molar refractivity (Wildman–Crippen MR) is 117 cm³/mol. The molecular weight excluding hydrogens is 374 g/mol. The lowest BCUT2D eigenvalue weighted by Gasteiger charge is -2.36.